The number of benzene rings is 1. The minimum atomic E-state index is -4.51. The number of amidine groups is 1. The third kappa shape index (κ3) is 4.07. The maximum absolute atomic E-state index is 13.4. The summed E-state index contributed by atoms with van der Waals surface area (Å²) < 4.78 is 53.4. The van der Waals surface area contributed by atoms with E-state index >= 15 is 0 Å². The lowest BCUT2D eigenvalue weighted by molar-refractivity contribution is 0.359. The molecule has 0 unspecified atom stereocenters. The van der Waals surface area contributed by atoms with Crippen LogP contribution in [-0.4, -0.2) is 64.8 Å². The lowest BCUT2D eigenvalue weighted by Crippen LogP contribution is -2.46. The highest BCUT2D eigenvalue weighted by molar-refractivity contribution is 7.92. The van der Waals surface area contributed by atoms with Crippen molar-refractivity contribution >= 4 is 31.7 Å². The molecule has 0 aliphatic carbocycles. The van der Waals surface area contributed by atoms with Gasteiger partial charge < -0.3 is 11.1 Å². The van der Waals surface area contributed by atoms with E-state index in [0.717, 1.165) is 0 Å². The normalized spacial score (nSPS) is 17.6. The monoisotopic (exact) mass is 464 g/mol. The molecule has 0 radical (unpaired) electrons. The Bertz CT molecular complexity index is 1280. The second kappa shape index (κ2) is 8.05. The van der Waals surface area contributed by atoms with Gasteiger partial charge in [-0.05, 0) is 23.8 Å². The Labute approximate surface area is 179 Å². The lowest BCUT2D eigenvalue weighted by atomic mass is 10.00. The van der Waals surface area contributed by atoms with Crippen molar-refractivity contribution in [1.82, 2.24) is 14.6 Å². The Balaban J connectivity index is 2.03. The number of nitrogen functional groups attached to an aromatic ring is 1. The Hall–Kier alpha value is -2.78. The molecule has 164 valence electrons. The Morgan fingerprint density at radius 1 is 1.03 bits per heavy atom. The van der Waals surface area contributed by atoms with E-state index in [4.69, 9.17) is 10.9 Å². The summed E-state index contributed by atoms with van der Waals surface area (Å²) in [4.78, 5) is 7.15. The molecule has 2 aromatic rings. The number of hydrogen-bond donors (Lipinski definition) is 3. The third-order valence-corrected chi connectivity index (χ3v) is 7.93. The summed E-state index contributed by atoms with van der Waals surface area (Å²) in [5.74, 6) is 0.251. The number of anilines is 1. The molecule has 0 amide bonds. The summed E-state index contributed by atoms with van der Waals surface area (Å²) in [6, 6.07) is 5.89. The molecule has 1 aromatic carbocycles. The van der Waals surface area contributed by atoms with Crippen molar-refractivity contribution in [3.05, 3.63) is 36.0 Å². The Morgan fingerprint density at radius 3 is 2.35 bits per heavy atom. The van der Waals surface area contributed by atoms with Crippen LogP contribution in [0.5, 0.6) is 0 Å². The quantitative estimate of drug-likeness (QED) is 0.544. The second-order valence-electron chi connectivity index (χ2n) is 6.85. The van der Waals surface area contributed by atoms with Crippen molar-refractivity contribution in [2.24, 2.45) is 20.4 Å². The first-order valence-corrected chi connectivity index (χ1v) is 12.2. The summed E-state index contributed by atoms with van der Waals surface area (Å²) in [7, 11) is -8.67. The number of azo groups is 1. The number of nitrogens with one attached hydrogen (secondary N) is 1. The van der Waals surface area contributed by atoms with E-state index in [1.807, 2.05) is 0 Å². The van der Waals surface area contributed by atoms with Gasteiger partial charge in [0.2, 0.25) is 20.0 Å². The van der Waals surface area contributed by atoms with Crippen LogP contribution in [0.15, 0.2) is 55.5 Å². The highest BCUT2D eigenvalue weighted by Crippen LogP contribution is 2.36. The maximum atomic E-state index is 13.4. The van der Waals surface area contributed by atoms with Gasteiger partial charge in [0, 0.05) is 37.9 Å². The number of rotatable bonds is 5. The smallest absolute Gasteiger partial charge is 0.244 e. The zero-order valence-corrected chi connectivity index (χ0v) is 17.9. The standard InChI is InChI=1S/C17H20N8O4S2/c18-14-4-1-11(9-21-14)12-2-3-13(31(28,29)25-7-5-20-6-8-25)16(30(19,26)27)15(12)17-22-10-23-24-17/h1-4,9,20H,5-8,10H2,(H2,18,21)(H2,19,26,27). The van der Waals surface area contributed by atoms with Crippen LogP contribution in [0, 0.1) is 0 Å². The van der Waals surface area contributed by atoms with Gasteiger partial charge in [-0.2, -0.15) is 9.42 Å². The molecule has 2 aliphatic rings. The number of pyridine rings is 1. The Morgan fingerprint density at radius 2 is 1.77 bits per heavy atom. The van der Waals surface area contributed by atoms with Gasteiger partial charge in [-0.15, -0.1) is 5.11 Å². The summed E-state index contributed by atoms with van der Waals surface area (Å²) in [5.41, 5.74) is 6.45. The average Bonchev–Trinajstić information content (AvgIpc) is 3.28. The molecular formula is C17H20N8O4S2. The summed E-state index contributed by atoms with van der Waals surface area (Å²) >= 11 is 0. The van der Waals surface area contributed by atoms with Crippen LogP contribution in [0.1, 0.15) is 5.56 Å². The van der Waals surface area contributed by atoms with E-state index in [1.54, 1.807) is 12.1 Å². The summed E-state index contributed by atoms with van der Waals surface area (Å²) in [5, 5.41) is 16.3. The van der Waals surface area contributed by atoms with Crippen molar-refractivity contribution in [1.29, 1.82) is 0 Å². The number of sulfonamides is 2. The van der Waals surface area contributed by atoms with Gasteiger partial charge in [-0.3, -0.25) is 0 Å². The predicted molar refractivity (Wildman–Crippen MR) is 113 cm³/mol. The minimum absolute atomic E-state index is 0.00636. The van der Waals surface area contributed by atoms with E-state index in [9.17, 15) is 16.8 Å². The highest BCUT2D eigenvalue weighted by atomic mass is 32.2. The number of primary sulfonamides is 1. The fourth-order valence-electron chi connectivity index (χ4n) is 3.46. The van der Waals surface area contributed by atoms with E-state index in [-0.39, 0.29) is 37.0 Å². The number of nitrogens with two attached hydrogens (primary N) is 2. The zero-order chi connectivity index (χ0) is 22.2. The molecule has 0 spiro atoms. The van der Waals surface area contributed by atoms with Crippen LogP contribution in [0.2, 0.25) is 0 Å². The minimum Gasteiger partial charge on any atom is -0.384 e. The summed E-state index contributed by atoms with van der Waals surface area (Å²) in [6.07, 6.45) is 1.44. The molecular weight excluding hydrogens is 444 g/mol. The highest BCUT2D eigenvalue weighted by Gasteiger charge is 2.36. The largest absolute Gasteiger partial charge is 0.384 e. The lowest BCUT2D eigenvalue weighted by Gasteiger charge is -2.28. The molecule has 12 nitrogen and oxygen atoms in total. The molecule has 1 fully saturated rings. The van der Waals surface area contributed by atoms with Crippen LogP contribution in [0.4, 0.5) is 5.82 Å². The SMILES string of the molecule is Nc1ccc(-c2ccc(S(=O)(=O)N3CCNCC3)c(S(N)(=O)=O)c2C2=NCN=N2)cn1. The number of piperazine rings is 1. The molecule has 2 aliphatic heterocycles. The second-order valence-corrected chi connectivity index (χ2v) is 10.3. The van der Waals surface area contributed by atoms with Gasteiger partial charge in [0.15, 0.2) is 12.5 Å². The first-order chi connectivity index (χ1) is 14.7. The zero-order valence-electron chi connectivity index (χ0n) is 16.3. The van der Waals surface area contributed by atoms with Crippen LogP contribution in [0.3, 0.4) is 0 Å². The van der Waals surface area contributed by atoms with Crippen LogP contribution in [-0.2, 0) is 20.0 Å². The van der Waals surface area contributed by atoms with E-state index in [1.165, 1.54) is 22.6 Å². The van der Waals surface area contributed by atoms with Crippen molar-refractivity contribution in [3.8, 4) is 11.1 Å². The fourth-order valence-corrected chi connectivity index (χ4v) is 6.47. The molecule has 4 rings (SSSR count). The van der Waals surface area contributed by atoms with E-state index in [2.05, 4.69) is 25.5 Å². The number of hydrogen-bond acceptors (Lipinski definition) is 10. The topological polar surface area (TPSA) is 186 Å². The van der Waals surface area contributed by atoms with Gasteiger partial charge >= 0.3 is 0 Å². The number of nitrogens with zero attached hydrogens (tertiary/aromatic N) is 5. The molecule has 1 aromatic heterocycles. The van der Waals surface area contributed by atoms with Gasteiger partial charge in [0.25, 0.3) is 0 Å². The average molecular weight is 465 g/mol. The first kappa shape index (κ1) is 21.5. The third-order valence-electron chi connectivity index (χ3n) is 4.87. The predicted octanol–water partition coefficient (Wildman–Crippen LogP) is -0.258. The Kier molecular flexibility index (Phi) is 5.57. The molecule has 3 heterocycles. The van der Waals surface area contributed by atoms with Crippen molar-refractivity contribution in [2.45, 2.75) is 9.79 Å². The van der Waals surface area contributed by atoms with Gasteiger partial charge in [-0.1, -0.05) is 6.07 Å². The van der Waals surface area contributed by atoms with Gasteiger partial charge in [0.1, 0.15) is 15.6 Å². The van der Waals surface area contributed by atoms with Gasteiger partial charge in [0.05, 0.1) is 5.56 Å². The molecule has 5 N–H and O–H groups in total. The molecule has 0 atom stereocenters. The molecule has 1 saturated heterocycles. The first-order valence-electron chi connectivity index (χ1n) is 9.24. The van der Waals surface area contributed by atoms with Crippen LogP contribution >= 0.6 is 0 Å². The summed E-state index contributed by atoms with van der Waals surface area (Å²) in [6.45, 7) is 1.30. The van der Waals surface area contributed by atoms with E-state index < -0.39 is 29.8 Å². The van der Waals surface area contributed by atoms with Crippen LogP contribution in [0.25, 0.3) is 11.1 Å². The number of aliphatic imine (C=N–C) groups is 1. The van der Waals surface area contributed by atoms with Crippen molar-refractivity contribution < 1.29 is 16.8 Å². The molecule has 0 saturated carbocycles. The maximum Gasteiger partial charge on any atom is 0.244 e. The van der Waals surface area contributed by atoms with Crippen molar-refractivity contribution in [2.75, 3.05) is 38.6 Å². The number of aromatic nitrogens is 1. The molecule has 14 heteroatoms. The van der Waals surface area contributed by atoms with Crippen LogP contribution < -0.4 is 16.2 Å². The molecule has 31 heavy (non-hydrogen) atoms. The fraction of sp³-hybridized carbons (Fsp3) is 0.294. The van der Waals surface area contributed by atoms with Gasteiger partial charge in [-0.25, -0.2) is 32.0 Å². The van der Waals surface area contributed by atoms with E-state index in [0.29, 0.717) is 24.2 Å². The molecule has 0 bridgehead atoms. The van der Waals surface area contributed by atoms with Crippen molar-refractivity contribution in [3.63, 3.8) is 0 Å².